The molecule has 0 saturated heterocycles. The van der Waals surface area contributed by atoms with Gasteiger partial charge in [-0.1, -0.05) is 32.1 Å². The minimum atomic E-state index is -3.92. The zero-order chi connectivity index (χ0) is 15.2. The van der Waals surface area contributed by atoms with E-state index in [4.69, 9.17) is 0 Å². The molecule has 7 heteroatoms. The van der Waals surface area contributed by atoms with Crippen LogP contribution < -0.4 is 4.72 Å². The van der Waals surface area contributed by atoms with E-state index in [1.54, 1.807) is 0 Å². The van der Waals surface area contributed by atoms with Crippen LogP contribution in [0.25, 0.3) is 0 Å². The fourth-order valence-electron chi connectivity index (χ4n) is 2.40. The lowest BCUT2D eigenvalue weighted by Crippen LogP contribution is -2.51. The smallest absolute Gasteiger partial charge is 0.325 e. The molecule has 0 aromatic rings. The van der Waals surface area contributed by atoms with E-state index in [0.29, 0.717) is 12.8 Å². The van der Waals surface area contributed by atoms with Gasteiger partial charge in [0.15, 0.2) is 5.25 Å². The molecule has 0 heterocycles. The van der Waals surface area contributed by atoms with Crippen LogP contribution in [0.3, 0.4) is 0 Å². The third-order valence-corrected chi connectivity index (χ3v) is 5.56. The molecule has 0 amide bonds. The van der Waals surface area contributed by atoms with E-state index in [-0.39, 0.29) is 0 Å². The minimum absolute atomic E-state index is 0.483. The van der Waals surface area contributed by atoms with Crippen LogP contribution in [-0.2, 0) is 19.6 Å². The van der Waals surface area contributed by atoms with E-state index >= 15 is 0 Å². The van der Waals surface area contributed by atoms with E-state index in [1.165, 1.54) is 6.92 Å². The van der Waals surface area contributed by atoms with Crippen molar-refractivity contribution in [3.8, 4) is 6.07 Å². The van der Waals surface area contributed by atoms with Crippen molar-refractivity contribution in [2.45, 2.75) is 62.7 Å². The number of carbonyl (C=O) groups excluding carboxylic acids is 1. The summed E-state index contributed by atoms with van der Waals surface area (Å²) in [4.78, 5) is 11.4. The van der Waals surface area contributed by atoms with Crippen molar-refractivity contribution >= 4 is 16.0 Å². The lowest BCUT2D eigenvalue weighted by Gasteiger charge is -2.30. The molecule has 1 rings (SSSR count). The van der Waals surface area contributed by atoms with Crippen molar-refractivity contribution in [1.82, 2.24) is 4.72 Å². The molecule has 1 aliphatic carbocycles. The number of carbonyl (C=O) groups is 1. The van der Waals surface area contributed by atoms with Gasteiger partial charge in [0.1, 0.15) is 5.54 Å². The highest BCUT2D eigenvalue weighted by molar-refractivity contribution is 7.90. The van der Waals surface area contributed by atoms with E-state index in [1.807, 2.05) is 0 Å². The van der Waals surface area contributed by atoms with Crippen molar-refractivity contribution in [2.24, 2.45) is 0 Å². The number of methoxy groups -OCH3 is 1. The van der Waals surface area contributed by atoms with E-state index in [0.717, 1.165) is 39.2 Å². The SMILES string of the molecule is COC(=O)C(C)S(=O)(=O)NC1(C#N)CCCCCCC1. The largest absolute Gasteiger partial charge is 0.468 e. The quantitative estimate of drug-likeness (QED) is 0.793. The molecule has 1 fully saturated rings. The van der Waals surface area contributed by atoms with Crippen molar-refractivity contribution in [2.75, 3.05) is 7.11 Å². The summed E-state index contributed by atoms with van der Waals surface area (Å²) in [5, 5.41) is 8.09. The van der Waals surface area contributed by atoms with Gasteiger partial charge in [-0.2, -0.15) is 9.98 Å². The van der Waals surface area contributed by atoms with Crippen molar-refractivity contribution in [1.29, 1.82) is 5.26 Å². The summed E-state index contributed by atoms with van der Waals surface area (Å²) >= 11 is 0. The van der Waals surface area contributed by atoms with Gasteiger partial charge in [0.2, 0.25) is 10.0 Å². The first-order valence-electron chi connectivity index (χ1n) is 6.89. The first-order valence-corrected chi connectivity index (χ1v) is 8.43. The van der Waals surface area contributed by atoms with Crippen LogP contribution in [0.5, 0.6) is 0 Å². The molecule has 1 saturated carbocycles. The van der Waals surface area contributed by atoms with Gasteiger partial charge in [-0.05, 0) is 19.8 Å². The van der Waals surface area contributed by atoms with E-state index in [2.05, 4.69) is 15.5 Å². The number of hydrogen-bond donors (Lipinski definition) is 1. The number of nitrogens with one attached hydrogen (secondary N) is 1. The maximum Gasteiger partial charge on any atom is 0.325 e. The number of ether oxygens (including phenoxy) is 1. The average molecular weight is 302 g/mol. The van der Waals surface area contributed by atoms with Gasteiger partial charge >= 0.3 is 5.97 Å². The molecule has 1 N–H and O–H groups in total. The second kappa shape index (κ2) is 7.04. The highest BCUT2D eigenvalue weighted by Crippen LogP contribution is 2.27. The van der Waals surface area contributed by atoms with Crippen LogP contribution >= 0.6 is 0 Å². The number of rotatable bonds is 4. The third-order valence-electron chi connectivity index (χ3n) is 3.76. The molecule has 0 aliphatic heterocycles. The number of sulfonamides is 1. The molecule has 1 unspecified atom stereocenters. The van der Waals surface area contributed by atoms with Gasteiger partial charge in [-0.15, -0.1) is 0 Å². The van der Waals surface area contributed by atoms with Crippen LogP contribution in [-0.4, -0.2) is 32.3 Å². The summed E-state index contributed by atoms with van der Waals surface area (Å²) in [6.07, 6.45) is 5.70. The summed E-state index contributed by atoms with van der Waals surface area (Å²) in [7, 11) is -2.77. The summed E-state index contributed by atoms with van der Waals surface area (Å²) in [5.74, 6) is -0.823. The first-order chi connectivity index (χ1) is 9.37. The second-order valence-electron chi connectivity index (χ2n) is 5.27. The van der Waals surface area contributed by atoms with Crippen LogP contribution in [0.4, 0.5) is 0 Å². The van der Waals surface area contributed by atoms with Gasteiger partial charge in [0.05, 0.1) is 13.2 Å². The van der Waals surface area contributed by atoms with Gasteiger partial charge < -0.3 is 4.74 Å². The standard InChI is InChI=1S/C13H22N2O4S/c1-11(12(16)19-2)20(17,18)15-13(10-14)8-6-4-3-5-7-9-13/h11,15H,3-9H2,1-2H3. The van der Waals surface area contributed by atoms with Gasteiger partial charge in [0.25, 0.3) is 0 Å². The van der Waals surface area contributed by atoms with Crippen LogP contribution in [0.1, 0.15) is 51.9 Å². The fraction of sp³-hybridized carbons (Fsp3) is 0.846. The third kappa shape index (κ3) is 4.18. The molecular formula is C13H22N2O4S. The fourth-order valence-corrected chi connectivity index (χ4v) is 3.72. The number of nitrogens with zero attached hydrogens (tertiary/aromatic N) is 1. The van der Waals surface area contributed by atoms with Crippen LogP contribution in [0.15, 0.2) is 0 Å². The lowest BCUT2D eigenvalue weighted by atomic mass is 9.86. The number of esters is 1. The molecule has 0 aromatic heterocycles. The molecule has 0 aromatic carbocycles. The van der Waals surface area contributed by atoms with Crippen molar-refractivity contribution in [3.05, 3.63) is 0 Å². The zero-order valence-electron chi connectivity index (χ0n) is 12.0. The minimum Gasteiger partial charge on any atom is -0.468 e. The maximum absolute atomic E-state index is 12.2. The highest BCUT2D eigenvalue weighted by Gasteiger charge is 2.39. The number of nitriles is 1. The van der Waals surface area contributed by atoms with E-state index in [9.17, 15) is 18.5 Å². The Morgan fingerprint density at radius 1 is 1.25 bits per heavy atom. The molecular weight excluding hydrogens is 280 g/mol. The Balaban J connectivity index is 2.90. The van der Waals surface area contributed by atoms with E-state index < -0.39 is 26.8 Å². The number of hydrogen-bond acceptors (Lipinski definition) is 5. The van der Waals surface area contributed by atoms with Gasteiger partial charge in [-0.3, -0.25) is 4.79 Å². The average Bonchev–Trinajstić information content (AvgIpc) is 2.40. The summed E-state index contributed by atoms with van der Waals surface area (Å²) in [6, 6.07) is 2.11. The van der Waals surface area contributed by atoms with Crippen molar-refractivity contribution in [3.63, 3.8) is 0 Å². The predicted molar refractivity (Wildman–Crippen MR) is 74.2 cm³/mol. The molecule has 1 aliphatic rings. The normalized spacial score (nSPS) is 21.1. The monoisotopic (exact) mass is 302 g/mol. The molecule has 114 valence electrons. The molecule has 0 radical (unpaired) electrons. The Morgan fingerprint density at radius 3 is 2.20 bits per heavy atom. The summed E-state index contributed by atoms with van der Waals surface area (Å²) < 4.78 is 31.3. The second-order valence-corrected chi connectivity index (χ2v) is 7.28. The molecule has 0 bridgehead atoms. The molecule has 6 nitrogen and oxygen atoms in total. The first kappa shape index (κ1) is 16.9. The molecule has 0 spiro atoms. The highest BCUT2D eigenvalue weighted by atomic mass is 32.2. The van der Waals surface area contributed by atoms with Gasteiger partial charge in [0, 0.05) is 0 Å². The van der Waals surface area contributed by atoms with Gasteiger partial charge in [-0.25, -0.2) is 8.42 Å². The Morgan fingerprint density at radius 2 is 1.75 bits per heavy atom. The molecule has 1 atom stereocenters. The van der Waals surface area contributed by atoms with Crippen LogP contribution in [0.2, 0.25) is 0 Å². The topological polar surface area (TPSA) is 96.3 Å². The Bertz CT molecular complexity index is 473. The van der Waals surface area contributed by atoms with Crippen LogP contribution in [0, 0.1) is 11.3 Å². The molecule has 20 heavy (non-hydrogen) atoms. The maximum atomic E-state index is 12.2. The Hall–Kier alpha value is -1.13. The predicted octanol–water partition coefficient (Wildman–Crippen LogP) is 1.47. The zero-order valence-corrected chi connectivity index (χ0v) is 12.8. The van der Waals surface area contributed by atoms with Crippen molar-refractivity contribution < 1.29 is 17.9 Å². The summed E-state index contributed by atoms with van der Waals surface area (Å²) in [5.41, 5.74) is -1.10. The Kier molecular flexibility index (Phi) is 5.96. The lowest BCUT2D eigenvalue weighted by molar-refractivity contribution is -0.139. The Labute approximate surface area is 120 Å². The summed E-state index contributed by atoms with van der Waals surface area (Å²) in [6.45, 7) is 1.27.